The van der Waals surface area contributed by atoms with Gasteiger partial charge in [0.25, 0.3) is 5.91 Å². The summed E-state index contributed by atoms with van der Waals surface area (Å²) in [6.07, 6.45) is -0.694. The first kappa shape index (κ1) is 17.0. The number of halogens is 1. The predicted octanol–water partition coefficient (Wildman–Crippen LogP) is 3.76. The lowest BCUT2D eigenvalue weighted by atomic mass is 10.2. The van der Waals surface area contributed by atoms with Crippen LogP contribution in [0.1, 0.15) is 6.92 Å². The average Bonchev–Trinajstić information content (AvgIpc) is 2.55. The summed E-state index contributed by atoms with van der Waals surface area (Å²) in [6, 6.07) is 12.0. The molecule has 1 N–H and O–H groups in total. The van der Waals surface area contributed by atoms with Crippen LogP contribution in [-0.4, -0.2) is 26.2 Å². The molecule has 6 heteroatoms. The van der Waals surface area contributed by atoms with Gasteiger partial charge in [-0.05, 0) is 37.3 Å². The van der Waals surface area contributed by atoms with Crippen LogP contribution in [0.3, 0.4) is 0 Å². The molecule has 0 aromatic heterocycles. The fourth-order valence-electron chi connectivity index (χ4n) is 1.93. The Balaban J connectivity index is 2.06. The van der Waals surface area contributed by atoms with Crippen molar-refractivity contribution in [2.45, 2.75) is 13.0 Å². The highest BCUT2D eigenvalue weighted by atomic mass is 35.5. The summed E-state index contributed by atoms with van der Waals surface area (Å²) >= 11 is 5.90. The lowest BCUT2D eigenvalue weighted by Crippen LogP contribution is -2.30. The summed E-state index contributed by atoms with van der Waals surface area (Å²) in [5.41, 5.74) is 0.542. The first-order valence-electron chi connectivity index (χ1n) is 6.98. The second-order valence-corrected chi connectivity index (χ2v) is 5.21. The Morgan fingerprint density at radius 1 is 1.09 bits per heavy atom. The van der Waals surface area contributed by atoms with E-state index in [1.54, 1.807) is 56.5 Å². The van der Waals surface area contributed by atoms with Gasteiger partial charge in [-0.25, -0.2) is 0 Å². The third-order valence-electron chi connectivity index (χ3n) is 3.14. The number of carbonyl (C=O) groups is 1. The van der Waals surface area contributed by atoms with Gasteiger partial charge in [0.15, 0.2) is 6.10 Å². The van der Waals surface area contributed by atoms with Gasteiger partial charge in [0, 0.05) is 11.1 Å². The van der Waals surface area contributed by atoms with Crippen LogP contribution in [0.2, 0.25) is 5.02 Å². The molecule has 0 aliphatic carbocycles. The van der Waals surface area contributed by atoms with Crippen molar-refractivity contribution in [3.05, 3.63) is 47.5 Å². The maximum atomic E-state index is 12.3. The number of benzene rings is 2. The number of nitrogens with one attached hydrogen (secondary N) is 1. The number of methoxy groups -OCH3 is 2. The van der Waals surface area contributed by atoms with Gasteiger partial charge in [-0.2, -0.15) is 0 Å². The van der Waals surface area contributed by atoms with Crippen LogP contribution >= 0.6 is 11.6 Å². The maximum Gasteiger partial charge on any atom is 0.265 e. The number of hydrogen-bond donors (Lipinski definition) is 1. The zero-order chi connectivity index (χ0) is 16.8. The van der Waals surface area contributed by atoms with E-state index in [1.165, 1.54) is 7.11 Å². The van der Waals surface area contributed by atoms with Crippen LogP contribution < -0.4 is 19.5 Å². The van der Waals surface area contributed by atoms with E-state index in [0.29, 0.717) is 28.0 Å². The van der Waals surface area contributed by atoms with E-state index in [1.807, 2.05) is 0 Å². The van der Waals surface area contributed by atoms with E-state index in [4.69, 9.17) is 25.8 Å². The second kappa shape index (κ2) is 7.74. The summed E-state index contributed by atoms with van der Waals surface area (Å²) < 4.78 is 16.0. The summed E-state index contributed by atoms with van der Waals surface area (Å²) in [5.74, 6) is 1.38. The average molecular weight is 336 g/mol. The van der Waals surface area contributed by atoms with Crippen molar-refractivity contribution in [1.29, 1.82) is 0 Å². The van der Waals surface area contributed by atoms with Gasteiger partial charge in [0.2, 0.25) is 0 Å². The quantitative estimate of drug-likeness (QED) is 0.873. The Morgan fingerprint density at radius 3 is 2.52 bits per heavy atom. The molecular weight excluding hydrogens is 318 g/mol. The molecule has 0 aliphatic rings. The van der Waals surface area contributed by atoms with Crippen LogP contribution in [0.25, 0.3) is 0 Å². The van der Waals surface area contributed by atoms with E-state index < -0.39 is 6.10 Å². The van der Waals surface area contributed by atoms with E-state index in [-0.39, 0.29) is 5.91 Å². The van der Waals surface area contributed by atoms with E-state index >= 15 is 0 Å². The van der Waals surface area contributed by atoms with Crippen LogP contribution in [0, 0.1) is 0 Å². The molecule has 1 atom stereocenters. The van der Waals surface area contributed by atoms with Gasteiger partial charge < -0.3 is 19.5 Å². The first-order chi connectivity index (χ1) is 11.0. The fraction of sp³-hybridized carbons (Fsp3) is 0.235. The van der Waals surface area contributed by atoms with E-state index in [2.05, 4.69) is 5.32 Å². The highest BCUT2D eigenvalue weighted by Gasteiger charge is 2.17. The molecule has 0 saturated heterocycles. The third kappa shape index (κ3) is 4.53. The molecule has 23 heavy (non-hydrogen) atoms. The normalized spacial score (nSPS) is 11.5. The van der Waals surface area contributed by atoms with E-state index in [0.717, 1.165) is 0 Å². The van der Waals surface area contributed by atoms with Gasteiger partial charge in [-0.1, -0.05) is 17.7 Å². The summed E-state index contributed by atoms with van der Waals surface area (Å²) in [5, 5.41) is 3.32. The minimum atomic E-state index is -0.694. The number of amides is 1. The number of ether oxygens (including phenoxy) is 3. The highest BCUT2D eigenvalue weighted by Crippen LogP contribution is 2.29. The molecule has 2 rings (SSSR count). The monoisotopic (exact) mass is 335 g/mol. The van der Waals surface area contributed by atoms with Crippen molar-refractivity contribution < 1.29 is 19.0 Å². The standard InChI is InChI=1S/C17H18ClNO4/c1-11(23-14-6-4-5-12(18)9-14)17(20)19-15-8-7-13(21-2)10-16(15)22-3/h4-11H,1-3H3,(H,19,20)/t11-/m0/s1. The molecule has 0 fully saturated rings. The zero-order valence-corrected chi connectivity index (χ0v) is 13.9. The predicted molar refractivity (Wildman–Crippen MR) is 89.7 cm³/mol. The molecule has 0 saturated carbocycles. The van der Waals surface area contributed by atoms with Crippen molar-refractivity contribution in [2.75, 3.05) is 19.5 Å². The lowest BCUT2D eigenvalue weighted by Gasteiger charge is -2.16. The van der Waals surface area contributed by atoms with Gasteiger partial charge in [-0.15, -0.1) is 0 Å². The molecule has 122 valence electrons. The van der Waals surface area contributed by atoms with Crippen LogP contribution in [0.15, 0.2) is 42.5 Å². The molecule has 0 unspecified atom stereocenters. The van der Waals surface area contributed by atoms with Crippen molar-refractivity contribution in [1.82, 2.24) is 0 Å². The fourth-order valence-corrected chi connectivity index (χ4v) is 2.11. The van der Waals surface area contributed by atoms with Crippen molar-refractivity contribution in [2.24, 2.45) is 0 Å². The topological polar surface area (TPSA) is 56.8 Å². The van der Waals surface area contributed by atoms with Crippen molar-refractivity contribution in [3.63, 3.8) is 0 Å². The number of carbonyl (C=O) groups excluding carboxylic acids is 1. The van der Waals surface area contributed by atoms with Crippen LogP contribution in [0.4, 0.5) is 5.69 Å². The summed E-state index contributed by atoms with van der Waals surface area (Å²) in [7, 11) is 3.09. The highest BCUT2D eigenvalue weighted by molar-refractivity contribution is 6.30. The smallest absolute Gasteiger partial charge is 0.265 e. The van der Waals surface area contributed by atoms with Gasteiger partial charge in [0.05, 0.1) is 19.9 Å². The van der Waals surface area contributed by atoms with E-state index in [9.17, 15) is 4.79 Å². The first-order valence-corrected chi connectivity index (χ1v) is 7.36. The summed E-state index contributed by atoms with van der Waals surface area (Å²) in [6.45, 7) is 1.66. The van der Waals surface area contributed by atoms with Crippen molar-refractivity contribution in [3.8, 4) is 17.2 Å². The van der Waals surface area contributed by atoms with Gasteiger partial charge >= 0.3 is 0 Å². The molecule has 2 aromatic carbocycles. The largest absolute Gasteiger partial charge is 0.497 e. The minimum absolute atomic E-state index is 0.298. The third-order valence-corrected chi connectivity index (χ3v) is 3.38. The number of hydrogen-bond acceptors (Lipinski definition) is 4. The van der Waals surface area contributed by atoms with Crippen LogP contribution in [0.5, 0.6) is 17.2 Å². The second-order valence-electron chi connectivity index (χ2n) is 4.77. The van der Waals surface area contributed by atoms with Crippen LogP contribution in [-0.2, 0) is 4.79 Å². The SMILES string of the molecule is COc1ccc(NC(=O)[C@H](C)Oc2cccc(Cl)c2)c(OC)c1. The molecule has 0 spiro atoms. The number of anilines is 1. The molecule has 0 heterocycles. The molecule has 0 aliphatic heterocycles. The molecule has 2 aromatic rings. The molecule has 0 bridgehead atoms. The lowest BCUT2D eigenvalue weighted by molar-refractivity contribution is -0.122. The Morgan fingerprint density at radius 2 is 1.87 bits per heavy atom. The Hall–Kier alpha value is -2.40. The molecular formula is C17H18ClNO4. The van der Waals surface area contributed by atoms with Crippen molar-refractivity contribution >= 4 is 23.2 Å². The Kier molecular flexibility index (Phi) is 5.71. The number of rotatable bonds is 6. The molecule has 5 nitrogen and oxygen atoms in total. The Labute approximate surface area is 140 Å². The van der Waals surface area contributed by atoms with Gasteiger partial charge in [0.1, 0.15) is 17.2 Å². The summed E-state index contributed by atoms with van der Waals surface area (Å²) in [4.78, 5) is 12.3. The van der Waals surface area contributed by atoms with Gasteiger partial charge in [-0.3, -0.25) is 4.79 Å². The molecule has 1 amide bonds. The molecule has 0 radical (unpaired) electrons. The minimum Gasteiger partial charge on any atom is -0.497 e. The maximum absolute atomic E-state index is 12.3. The zero-order valence-electron chi connectivity index (χ0n) is 13.1. The Bertz CT molecular complexity index is 690.